The molecule has 25 heavy (non-hydrogen) atoms. The standard InChI is InChI=1S/C20H24N2OS.ClH/c1-15-14-17(12-13-21-15)22-20(23)19(16-8-4-2-5-9-16)24-18-10-6-3-7-11-18;/h2-11,15,17,19,21H,12-14H2,1H3,(H,22,23);1H. The van der Waals surface area contributed by atoms with Crippen molar-refractivity contribution in [2.45, 2.75) is 42.0 Å². The molecule has 3 atom stereocenters. The van der Waals surface area contributed by atoms with E-state index in [1.807, 2.05) is 48.5 Å². The number of nitrogens with one attached hydrogen (secondary N) is 2. The molecule has 3 rings (SSSR count). The van der Waals surface area contributed by atoms with Crippen LogP contribution in [0.1, 0.15) is 30.6 Å². The zero-order valence-corrected chi connectivity index (χ0v) is 16.0. The zero-order valence-electron chi connectivity index (χ0n) is 14.4. The van der Waals surface area contributed by atoms with Crippen LogP contribution in [0.5, 0.6) is 0 Å². The molecule has 1 fully saturated rings. The number of piperidine rings is 1. The molecule has 0 radical (unpaired) electrons. The second-order valence-corrected chi connectivity index (χ2v) is 7.49. The first-order chi connectivity index (χ1) is 11.7. The van der Waals surface area contributed by atoms with Crippen LogP contribution in [0, 0.1) is 0 Å². The van der Waals surface area contributed by atoms with Crippen LogP contribution in [0.4, 0.5) is 0 Å². The van der Waals surface area contributed by atoms with E-state index in [1.54, 1.807) is 11.8 Å². The molecule has 0 aliphatic carbocycles. The average Bonchev–Trinajstić information content (AvgIpc) is 2.61. The summed E-state index contributed by atoms with van der Waals surface area (Å²) in [6.45, 7) is 3.14. The molecular formula is C20H25ClN2OS. The lowest BCUT2D eigenvalue weighted by Crippen LogP contribution is -2.47. The minimum atomic E-state index is -0.223. The Kier molecular flexibility index (Phi) is 7.82. The molecule has 1 aliphatic heterocycles. The highest BCUT2D eigenvalue weighted by molar-refractivity contribution is 8.00. The van der Waals surface area contributed by atoms with Gasteiger partial charge in [0.2, 0.25) is 5.91 Å². The Labute approximate surface area is 160 Å². The van der Waals surface area contributed by atoms with Crippen LogP contribution < -0.4 is 10.6 Å². The first kappa shape index (κ1) is 19.8. The largest absolute Gasteiger partial charge is 0.352 e. The van der Waals surface area contributed by atoms with E-state index in [4.69, 9.17) is 0 Å². The number of halogens is 1. The van der Waals surface area contributed by atoms with Gasteiger partial charge in [0, 0.05) is 17.0 Å². The monoisotopic (exact) mass is 376 g/mol. The second kappa shape index (κ2) is 9.85. The van der Waals surface area contributed by atoms with E-state index in [0.717, 1.165) is 29.8 Å². The lowest BCUT2D eigenvalue weighted by molar-refractivity contribution is -0.121. The third-order valence-electron chi connectivity index (χ3n) is 4.31. The van der Waals surface area contributed by atoms with E-state index in [2.05, 4.69) is 29.7 Å². The van der Waals surface area contributed by atoms with Crippen molar-refractivity contribution in [1.29, 1.82) is 0 Å². The lowest BCUT2D eigenvalue weighted by Gasteiger charge is -2.30. The maximum absolute atomic E-state index is 13.0. The van der Waals surface area contributed by atoms with Gasteiger partial charge in [-0.25, -0.2) is 0 Å². The summed E-state index contributed by atoms with van der Waals surface area (Å²) in [6, 6.07) is 20.9. The molecule has 5 heteroatoms. The Bertz CT molecular complexity index is 653. The number of amides is 1. The highest BCUT2D eigenvalue weighted by Gasteiger charge is 2.26. The predicted octanol–water partition coefficient (Wildman–Crippen LogP) is 4.20. The second-order valence-electron chi connectivity index (χ2n) is 6.31. The van der Waals surface area contributed by atoms with E-state index in [9.17, 15) is 4.79 Å². The Morgan fingerprint density at radius 1 is 1.12 bits per heavy atom. The van der Waals surface area contributed by atoms with Crippen LogP contribution in [0.2, 0.25) is 0 Å². The van der Waals surface area contributed by atoms with Gasteiger partial charge in [0.1, 0.15) is 5.25 Å². The highest BCUT2D eigenvalue weighted by atomic mass is 35.5. The van der Waals surface area contributed by atoms with Gasteiger partial charge >= 0.3 is 0 Å². The summed E-state index contributed by atoms with van der Waals surface area (Å²) >= 11 is 1.61. The molecule has 1 saturated heterocycles. The zero-order chi connectivity index (χ0) is 16.8. The Morgan fingerprint density at radius 2 is 1.76 bits per heavy atom. The topological polar surface area (TPSA) is 41.1 Å². The van der Waals surface area contributed by atoms with Gasteiger partial charge in [-0.2, -0.15) is 0 Å². The summed E-state index contributed by atoms with van der Waals surface area (Å²) in [6.07, 6.45) is 1.98. The molecule has 2 aromatic rings. The van der Waals surface area contributed by atoms with Crippen molar-refractivity contribution in [3.05, 3.63) is 66.2 Å². The first-order valence-corrected chi connectivity index (χ1v) is 9.41. The Morgan fingerprint density at radius 3 is 2.40 bits per heavy atom. The van der Waals surface area contributed by atoms with Crippen LogP contribution in [-0.2, 0) is 4.79 Å². The first-order valence-electron chi connectivity index (χ1n) is 8.53. The van der Waals surface area contributed by atoms with Gasteiger partial charge < -0.3 is 10.6 Å². The smallest absolute Gasteiger partial charge is 0.238 e. The number of thioether (sulfide) groups is 1. The lowest BCUT2D eigenvalue weighted by atomic mass is 10.00. The van der Waals surface area contributed by atoms with E-state index in [0.29, 0.717) is 6.04 Å². The summed E-state index contributed by atoms with van der Waals surface area (Å²) in [5, 5.41) is 6.47. The summed E-state index contributed by atoms with van der Waals surface area (Å²) in [5.74, 6) is 0.106. The molecule has 3 unspecified atom stereocenters. The number of carbonyl (C=O) groups is 1. The van der Waals surface area contributed by atoms with Gasteiger partial charge in [-0.3, -0.25) is 4.79 Å². The number of rotatable bonds is 5. The molecule has 0 spiro atoms. The summed E-state index contributed by atoms with van der Waals surface area (Å²) in [4.78, 5) is 14.1. The number of hydrogen-bond donors (Lipinski definition) is 2. The third-order valence-corrected chi connectivity index (χ3v) is 5.57. The van der Waals surface area contributed by atoms with Gasteiger partial charge in [0.15, 0.2) is 0 Å². The van der Waals surface area contributed by atoms with Crippen molar-refractivity contribution in [2.24, 2.45) is 0 Å². The Balaban J connectivity index is 0.00000225. The van der Waals surface area contributed by atoms with E-state index < -0.39 is 0 Å². The van der Waals surface area contributed by atoms with Gasteiger partial charge in [0.25, 0.3) is 0 Å². The van der Waals surface area contributed by atoms with Crippen LogP contribution in [0.25, 0.3) is 0 Å². The molecule has 0 bridgehead atoms. The molecule has 2 N–H and O–H groups in total. The molecule has 134 valence electrons. The van der Waals surface area contributed by atoms with E-state index in [1.165, 1.54) is 0 Å². The molecule has 1 heterocycles. The van der Waals surface area contributed by atoms with Crippen LogP contribution in [0.3, 0.4) is 0 Å². The van der Waals surface area contributed by atoms with Crippen molar-refractivity contribution in [1.82, 2.24) is 10.6 Å². The average molecular weight is 377 g/mol. The van der Waals surface area contributed by atoms with Crippen LogP contribution >= 0.6 is 24.2 Å². The molecular weight excluding hydrogens is 352 g/mol. The molecule has 2 aromatic carbocycles. The maximum Gasteiger partial charge on any atom is 0.238 e. The van der Waals surface area contributed by atoms with Gasteiger partial charge in [0.05, 0.1) is 0 Å². The number of hydrogen-bond acceptors (Lipinski definition) is 3. The third kappa shape index (κ3) is 5.77. The fourth-order valence-electron chi connectivity index (χ4n) is 3.08. The summed E-state index contributed by atoms with van der Waals surface area (Å²) in [7, 11) is 0. The van der Waals surface area contributed by atoms with Crippen LogP contribution in [0.15, 0.2) is 65.6 Å². The Hall–Kier alpha value is -1.49. The summed E-state index contributed by atoms with van der Waals surface area (Å²) in [5.41, 5.74) is 1.05. The van der Waals surface area contributed by atoms with Crippen molar-refractivity contribution < 1.29 is 4.79 Å². The van der Waals surface area contributed by atoms with Crippen molar-refractivity contribution in [3.63, 3.8) is 0 Å². The molecule has 1 amide bonds. The van der Waals surface area contributed by atoms with E-state index >= 15 is 0 Å². The SMILES string of the molecule is CC1CC(NC(=O)C(Sc2ccccc2)c2ccccc2)CCN1.Cl. The van der Waals surface area contributed by atoms with Gasteiger partial charge in [-0.1, -0.05) is 48.5 Å². The number of carbonyl (C=O) groups excluding carboxylic acids is 1. The quantitative estimate of drug-likeness (QED) is 0.768. The van der Waals surface area contributed by atoms with Crippen molar-refractivity contribution in [3.8, 4) is 0 Å². The molecule has 1 aliphatic rings. The normalized spacial score (nSPS) is 21.0. The molecule has 0 saturated carbocycles. The molecule has 3 nitrogen and oxygen atoms in total. The van der Waals surface area contributed by atoms with Gasteiger partial charge in [-0.15, -0.1) is 24.2 Å². The minimum Gasteiger partial charge on any atom is -0.352 e. The predicted molar refractivity (Wildman–Crippen MR) is 107 cm³/mol. The number of benzene rings is 2. The van der Waals surface area contributed by atoms with Crippen molar-refractivity contribution >= 4 is 30.1 Å². The van der Waals surface area contributed by atoms with Crippen molar-refractivity contribution in [2.75, 3.05) is 6.54 Å². The van der Waals surface area contributed by atoms with Crippen LogP contribution in [-0.4, -0.2) is 24.5 Å². The summed E-state index contributed by atoms with van der Waals surface area (Å²) < 4.78 is 0. The maximum atomic E-state index is 13.0. The van der Waals surface area contributed by atoms with Gasteiger partial charge in [-0.05, 0) is 44.0 Å². The highest BCUT2D eigenvalue weighted by Crippen LogP contribution is 2.35. The fourth-order valence-corrected chi connectivity index (χ4v) is 4.13. The minimum absolute atomic E-state index is 0. The molecule has 0 aromatic heterocycles. The fraction of sp³-hybridized carbons (Fsp3) is 0.350. The van der Waals surface area contributed by atoms with E-state index in [-0.39, 0.29) is 29.6 Å².